The zero-order valence-electron chi connectivity index (χ0n) is 34.8. The summed E-state index contributed by atoms with van der Waals surface area (Å²) in [5, 5.41) is 5.01. The van der Waals surface area contributed by atoms with Crippen molar-refractivity contribution in [2.45, 2.75) is 0 Å². The molecule has 0 saturated heterocycles. The Morgan fingerprint density at radius 3 is 1.05 bits per heavy atom. The molecule has 0 atom stereocenters. The fourth-order valence-corrected chi connectivity index (χ4v) is 9.31. The largest absolute Gasteiger partial charge is 0.309 e. The van der Waals surface area contributed by atoms with E-state index in [2.05, 4.69) is 266 Å². The van der Waals surface area contributed by atoms with Gasteiger partial charge in [0.05, 0.1) is 5.69 Å². The van der Waals surface area contributed by atoms with E-state index in [-0.39, 0.29) is 0 Å². The van der Waals surface area contributed by atoms with Gasteiger partial charge >= 0.3 is 0 Å². The van der Waals surface area contributed by atoms with E-state index in [9.17, 15) is 0 Å². The molecule has 0 aromatic heterocycles. The predicted octanol–water partition coefficient (Wildman–Crippen LogP) is 17.5. The Morgan fingerprint density at radius 2 is 0.556 bits per heavy atom. The highest BCUT2D eigenvalue weighted by molar-refractivity contribution is 6.22. The normalized spacial score (nSPS) is 11.2. The molecule has 0 unspecified atom stereocenters. The zero-order chi connectivity index (χ0) is 42.0. The first kappa shape index (κ1) is 37.7. The fraction of sp³-hybridized carbons (Fsp3) is 0. The van der Waals surface area contributed by atoms with E-state index in [4.69, 9.17) is 0 Å². The van der Waals surface area contributed by atoms with Crippen LogP contribution in [0, 0.1) is 0 Å². The third kappa shape index (κ3) is 7.16. The van der Waals surface area contributed by atoms with Gasteiger partial charge in [-0.1, -0.05) is 231 Å². The first-order valence-electron chi connectivity index (χ1n) is 21.7. The number of rotatable bonds is 9. The molecule has 11 aromatic rings. The summed E-state index contributed by atoms with van der Waals surface area (Å²) >= 11 is 0. The van der Waals surface area contributed by atoms with Crippen LogP contribution in [0.4, 0.5) is 17.1 Å². The number of nitrogens with zero attached hydrogens (tertiary/aromatic N) is 1. The second-order valence-corrected chi connectivity index (χ2v) is 16.0. The van der Waals surface area contributed by atoms with Gasteiger partial charge in [-0.2, -0.15) is 0 Å². The Balaban J connectivity index is 1.10. The molecular weight excluding hydrogens is 759 g/mol. The lowest BCUT2D eigenvalue weighted by Gasteiger charge is -2.30. The molecule has 0 saturated carbocycles. The molecule has 0 spiro atoms. The number of fused-ring (bicyclic) bond motifs is 3. The van der Waals surface area contributed by atoms with Crippen molar-refractivity contribution >= 4 is 38.6 Å². The average molecular weight is 802 g/mol. The van der Waals surface area contributed by atoms with Crippen molar-refractivity contribution in [1.29, 1.82) is 0 Å². The Morgan fingerprint density at radius 1 is 0.206 bits per heavy atom. The molecule has 1 heteroatoms. The van der Waals surface area contributed by atoms with Crippen molar-refractivity contribution in [1.82, 2.24) is 0 Å². The van der Waals surface area contributed by atoms with Gasteiger partial charge in [0, 0.05) is 22.5 Å². The molecule has 0 amide bonds. The Kier molecular flexibility index (Phi) is 9.97. The van der Waals surface area contributed by atoms with E-state index in [1.807, 2.05) is 0 Å². The number of para-hydroxylation sites is 1. The molecule has 0 aliphatic rings. The molecule has 0 radical (unpaired) electrons. The van der Waals surface area contributed by atoms with Crippen LogP contribution in [-0.4, -0.2) is 0 Å². The van der Waals surface area contributed by atoms with Gasteiger partial charge in [0.15, 0.2) is 0 Å². The second-order valence-electron chi connectivity index (χ2n) is 16.0. The lowest BCUT2D eigenvalue weighted by Crippen LogP contribution is -2.12. The minimum absolute atomic E-state index is 1.08. The SMILES string of the molecule is c1ccc(-c2ccc(N(c3ccc(-c4ccc5c(c4)c(-c4ccccc4)c(-c4ccccc4)c4ccccc45)cc3)c3c(-c4ccccc4)cccc3-c3ccccc3)cc2)cc1. The number of benzene rings is 11. The fourth-order valence-electron chi connectivity index (χ4n) is 9.31. The molecule has 63 heavy (non-hydrogen) atoms. The molecule has 0 bridgehead atoms. The van der Waals surface area contributed by atoms with Crippen molar-refractivity contribution in [3.8, 4) is 66.8 Å². The number of hydrogen-bond acceptors (Lipinski definition) is 1. The van der Waals surface area contributed by atoms with E-state index >= 15 is 0 Å². The van der Waals surface area contributed by atoms with Crippen molar-refractivity contribution < 1.29 is 0 Å². The van der Waals surface area contributed by atoms with Crippen LogP contribution in [0.15, 0.2) is 261 Å². The van der Waals surface area contributed by atoms with Crippen LogP contribution < -0.4 is 4.90 Å². The molecule has 11 aromatic carbocycles. The second kappa shape index (κ2) is 16.7. The van der Waals surface area contributed by atoms with Gasteiger partial charge < -0.3 is 4.90 Å². The van der Waals surface area contributed by atoms with E-state index in [1.54, 1.807) is 0 Å². The Bertz CT molecular complexity index is 3270. The first-order valence-corrected chi connectivity index (χ1v) is 21.7. The Hall–Kier alpha value is -8.26. The van der Waals surface area contributed by atoms with Gasteiger partial charge in [-0.15, -0.1) is 0 Å². The van der Waals surface area contributed by atoms with E-state index in [1.165, 1.54) is 71.6 Å². The summed E-state index contributed by atoms with van der Waals surface area (Å²) in [7, 11) is 0. The molecule has 0 aliphatic carbocycles. The van der Waals surface area contributed by atoms with Crippen LogP contribution in [0.3, 0.4) is 0 Å². The van der Waals surface area contributed by atoms with Crippen LogP contribution in [-0.2, 0) is 0 Å². The maximum atomic E-state index is 2.44. The third-order valence-electron chi connectivity index (χ3n) is 12.3. The monoisotopic (exact) mass is 801 g/mol. The van der Waals surface area contributed by atoms with Gasteiger partial charge in [-0.25, -0.2) is 0 Å². The quantitative estimate of drug-likeness (QED) is 0.131. The summed E-state index contributed by atoms with van der Waals surface area (Å²) in [5.74, 6) is 0. The predicted molar refractivity (Wildman–Crippen MR) is 269 cm³/mol. The van der Waals surface area contributed by atoms with Crippen LogP contribution in [0.2, 0.25) is 0 Å². The van der Waals surface area contributed by atoms with Crippen LogP contribution in [0.25, 0.3) is 88.3 Å². The highest BCUT2D eigenvalue weighted by Gasteiger charge is 2.23. The number of hydrogen-bond donors (Lipinski definition) is 0. The van der Waals surface area contributed by atoms with Crippen molar-refractivity contribution in [2.75, 3.05) is 4.90 Å². The summed E-state index contributed by atoms with van der Waals surface area (Å²) in [6, 6.07) is 94.6. The van der Waals surface area contributed by atoms with E-state index < -0.39 is 0 Å². The van der Waals surface area contributed by atoms with Crippen molar-refractivity contribution in [3.63, 3.8) is 0 Å². The third-order valence-corrected chi connectivity index (χ3v) is 12.3. The first-order chi connectivity index (χ1) is 31.3. The van der Waals surface area contributed by atoms with Crippen LogP contribution in [0.1, 0.15) is 0 Å². The molecular formula is C62H43N. The minimum Gasteiger partial charge on any atom is -0.309 e. The number of anilines is 3. The van der Waals surface area contributed by atoms with Crippen LogP contribution >= 0.6 is 0 Å². The van der Waals surface area contributed by atoms with E-state index in [0.717, 1.165) is 33.8 Å². The van der Waals surface area contributed by atoms with Crippen molar-refractivity contribution in [3.05, 3.63) is 261 Å². The van der Waals surface area contributed by atoms with Gasteiger partial charge in [0.1, 0.15) is 0 Å². The average Bonchev–Trinajstić information content (AvgIpc) is 3.37. The lowest BCUT2D eigenvalue weighted by molar-refractivity contribution is 1.28. The zero-order valence-corrected chi connectivity index (χ0v) is 34.8. The highest BCUT2D eigenvalue weighted by Crippen LogP contribution is 2.48. The standard InChI is InChI=1S/C62H43N/c1-6-19-44(20-7-1)45-33-38-52(39-34-45)63(62-54(47-21-8-2-9-22-47)31-18-32-55(62)48-23-10-3-11-24-48)53-40-35-46(36-41-53)51-37-42-57-56-29-16-17-30-58(56)60(49-25-12-4-13-26-49)61(59(57)43-51)50-27-14-5-15-28-50/h1-43H. The molecule has 0 N–H and O–H groups in total. The lowest BCUT2D eigenvalue weighted by atomic mass is 9.84. The molecule has 0 heterocycles. The molecule has 0 aliphatic heterocycles. The van der Waals surface area contributed by atoms with Gasteiger partial charge in [0.25, 0.3) is 0 Å². The summed E-state index contributed by atoms with van der Waals surface area (Å²) in [6.45, 7) is 0. The summed E-state index contributed by atoms with van der Waals surface area (Å²) < 4.78 is 0. The van der Waals surface area contributed by atoms with Crippen molar-refractivity contribution in [2.24, 2.45) is 0 Å². The molecule has 0 fully saturated rings. The van der Waals surface area contributed by atoms with E-state index in [0.29, 0.717) is 0 Å². The topological polar surface area (TPSA) is 3.24 Å². The summed E-state index contributed by atoms with van der Waals surface area (Å²) in [5.41, 5.74) is 17.6. The molecule has 11 rings (SSSR count). The van der Waals surface area contributed by atoms with Gasteiger partial charge in [-0.3, -0.25) is 0 Å². The Labute approximate surface area is 369 Å². The van der Waals surface area contributed by atoms with Gasteiger partial charge in [-0.05, 0) is 108 Å². The highest BCUT2D eigenvalue weighted by atomic mass is 15.1. The maximum Gasteiger partial charge on any atom is 0.0618 e. The molecule has 1 nitrogen and oxygen atoms in total. The smallest absolute Gasteiger partial charge is 0.0618 e. The maximum absolute atomic E-state index is 2.44. The minimum atomic E-state index is 1.08. The molecule has 296 valence electrons. The van der Waals surface area contributed by atoms with Crippen LogP contribution in [0.5, 0.6) is 0 Å². The van der Waals surface area contributed by atoms with Gasteiger partial charge in [0.2, 0.25) is 0 Å². The summed E-state index contributed by atoms with van der Waals surface area (Å²) in [6.07, 6.45) is 0. The summed E-state index contributed by atoms with van der Waals surface area (Å²) in [4.78, 5) is 2.44.